The topological polar surface area (TPSA) is 0 Å². The normalized spacial score (nSPS) is 10.4. The van der Waals surface area contributed by atoms with E-state index in [4.69, 9.17) is 0 Å². The smallest absolute Gasteiger partial charge is 0.0620 e. The van der Waals surface area contributed by atoms with Crippen molar-refractivity contribution in [2.24, 2.45) is 0 Å². The van der Waals surface area contributed by atoms with Gasteiger partial charge in [-0.05, 0) is 109 Å². The minimum absolute atomic E-state index is 0. The number of rotatable bonds is 9. The Labute approximate surface area is 359 Å². The van der Waals surface area contributed by atoms with Crippen molar-refractivity contribution in [2.75, 3.05) is 0 Å². The second-order valence-electron chi connectivity index (χ2n) is 13.4. The molecule has 0 nitrogen and oxygen atoms in total. The molecule has 0 saturated heterocycles. The van der Waals surface area contributed by atoms with Crippen LogP contribution in [-0.2, 0) is 16.8 Å². The van der Waals surface area contributed by atoms with Crippen LogP contribution in [0.2, 0.25) is 0 Å². The molecule has 0 fully saturated rings. The van der Waals surface area contributed by atoms with Crippen molar-refractivity contribution in [3.05, 3.63) is 273 Å². The van der Waals surface area contributed by atoms with Crippen molar-refractivity contribution >= 4 is 71.5 Å². The zero-order valence-electron chi connectivity index (χ0n) is 32.3. The first kappa shape index (κ1) is 42.4. The molecule has 9 aromatic rings. The molecule has 285 valence electrons. The first-order chi connectivity index (χ1) is 28.3. The van der Waals surface area contributed by atoms with Gasteiger partial charge in [-0.3, -0.25) is 0 Å². The molecular weight excluding hydrogens is 800 g/mol. The van der Waals surface area contributed by atoms with E-state index >= 15 is 0 Å². The Morgan fingerprint density at radius 2 is 0.224 bits per heavy atom. The second-order valence-corrected chi connectivity index (χ2v) is 20.9. The zero-order chi connectivity index (χ0) is 38.7. The summed E-state index contributed by atoms with van der Waals surface area (Å²) in [7, 11) is -2.63. The molecule has 0 unspecified atom stereocenters. The summed E-state index contributed by atoms with van der Waals surface area (Å²) in [6, 6.07) is 97.5. The third-order valence-corrected chi connectivity index (χ3v) is 17.8. The van der Waals surface area contributed by atoms with Crippen molar-refractivity contribution in [1.82, 2.24) is 0 Å². The molecular formula is C54H48CoP3+3. The summed E-state index contributed by atoms with van der Waals surface area (Å²) >= 11 is 0. The first-order valence-corrected chi connectivity index (χ1v) is 23.9. The molecule has 0 aliphatic heterocycles. The molecule has 9 rings (SSSR count). The zero-order valence-corrected chi connectivity index (χ0v) is 36.4. The third-order valence-electron chi connectivity index (χ3n) is 9.56. The summed E-state index contributed by atoms with van der Waals surface area (Å²) in [5, 5.41) is 12.9. The van der Waals surface area contributed by atoms with Crippen LogP contribution in [0.3, 0.4) is 0 Å². The van der Waals surface area contributed by atoms with Crippen LogP contribution in [0.4, 0.5) is 0 Å². The monoisotopic (exact) mass is 848 g/mol. The fourth-order valence-electron chi connectivity index (χ4n) is 6.94. The molecule has 0 aliphatic carbocycles. The van der Waals surface area contributed by atoms with Gasteiger partial charge in [-0.15, -0.1) is 0 Å². The van der Waals surface area contributed by atoms with Crippen LogP contribution >= 0.6 is 23.8 Å². The molecule has 1 radical (unpaired) electrons. The van der Waals surface area contributed by atoms with E-state index in [9.17, 15) is 0 Å². The Morgan fingerprint density at radius 1 is 0.138 bits per heavy atom. The van der Waals surface area contributed by atoms with E-state index in [1.54, 1.807) is 0 Å². The Hall–Kier alpha value is -5.22. The maximum absolute atomic E-state index is 2.24. The molecule has 0 spiro atoms. The van der Waals surface area contributed by atoms with E-state index in [0.29, 0.717) is 0 Å². The van der Waals surface area contributed by atoms with Crippen LogP contribution in [0.1, 0.15) is 0 Å². The summed E-state index contributed by atoms with van der Waals surface area (Å²) in [5.41, 5.74) is 0. The van der Waals surface area contributed by atoms with Crippen LogP contribution in [0.5, 0.6) is 0 Å². The minimum Gasteiger partial charge on any atom is -0.0620 e. The fraction of sp³-hybridized carbons (Fsp3) is 0. The van der Waals surface area contributed by atoms with Gasteiger partial charge >= 0.3 is 0 Å². The van der Waals surface area contributed by atoms with E-state index in [1.165, 1.54) is 47.7 Å². The molecule has 58 heavy (non-hydrogen) atoms. The summed E-state index contributed by atoms with van der Waals surface area (Å²) in [6.07, 6.45) is 0. The predicted molar refractivity (Wildman–Crippen MR) is 260 cm³/mol. The molecule has 0 amide bonds. The Bertz CT molecular complexity index is 1860. The summed E-state index contributed by atoms with van der Waals surface area (Å²) < 4.78 is 0. The molecule has 9 aromatic carbocycles. The van der Waals surface area contributed by atoms with Gasteiger partial charge in [0.1, 0.15) is 47.7 Å². The van der Waals surface area contributed by atoms with Crippen LogP contribution in [0, 0.1) is 0 Å². The molecule has 0 atom stereocenters. The molecule has 0 saturated carbocycles. The van der Waals surface area contributed by atoms with Crippen molar-refractivity contribution in [3.8, 4) is 0 Å². The van der Waals surface area contributed by atoms with E-state index in [1.807, 2.05) is 0 Å². The molecule has 0 bridgehead atoms. The number of benzene rings is 9. The van der Waals surface area contributed by atoms with Gasteiger partial charge < -0.3 is 0 Å². The van der Waals surface area contributed by atoms with Crippen molar-refractivity contribution in [2.45, 2.75) is 0 Å². The molecule has 0 aliphatic rings. The van der Waals surface area contributed by atoms with Crippen molar-refractivity contribution < 1.29 is 16.8 Å². The quantitative estimate of drug-likeness (QED) is 0.127. The van der Waals surface area contributed by atoms with Gasteiger partial charge in [0.15, 0.2) is 0 Å². The third kappa shape index (κ3) is 11.9. The van der Waals surface area contributed by atoms with E-state index in [-0.39, 0.29) is 16.8 Å². The Balaban J connectivity index is 0.000000145. The molecule has 0 aromatic heterocycles. The van der Waals surface area contributed by atoms with Gasteiger partial charge in [0, 0.05) is 16.8 Å². The van der Waals surface area contributed by atoms with Gasteiger partial charge in [-0.1, -0.05) is 164 Å². The Morgan fingerprint density at radius 3 is 0.310 bits per heavy atom. The standard InChI is InChI=1S/3C18H15P.Co/c3*1-4-10-16(11-5-1)19(17-12-6-2-7-13-17)18-14-8-3-9-15-18;/h3*1-15H;/p+3. The molecule has 4 heteroatoms. The van der Waals surface area contributed by atoms with Gasteiger partial charge in [0.25, 0.3) is 0 Å². The number of hydrogen-bond donors (Lipinski definition) is 0. The molecule has 0 heterocycles. The summed E-state index contributed by atoms with van der Waals surface area (Å²) in [6.45, 7) is 0. The maximum atomic E-state index is 2.24. The van der Waals surface area contributed by atoms with Crippen LogP contribution in [-0.4, -0.2) is 0 Å². The predicted octanol–water partition coefficient (Wildman–Crippen LogP) is 9.53. The first-order valence-electron chi connectivity index (χ1n) is 19.4. The largest absolute Gasteiger partial charge is 0.102 e. The summed E-state index contributed by atoms with van der Waals surface area (Å²) in [5.74, 6) is 0. The maximum Gasteiger partial charge on any atom is 0.102 e. The van der Waals surface area contributed by atoms with Gasteiger partial charge in [-0.25, -0.2) is 0 Å². The average Bonchev–Trinajstić information content (AvgIpc) is 3.30. The SMILES string of the molecule is [Co].c1ccc([PH+](c2ccccc2)c2ccccc2)cc1.c1ccc([PH+](c2ccccc2)c2ccccc2)cc1.c1ccc([PH+](c2ccccc2)c2ccccc2)cc1. The second kappa shape index (κ2) is 23.2. The number of hydrogen-bond acceptors (Lipinski definition) is 0. The van der Waals surface area contributed by atoms with E-state index in [0.717, 1.165) is 0 Å². The van der Waals surface area contributed by atoms with Crippen molar-refractivity contribution in [1.29, 1.82) is 0 Å². The van der Waals surface area contributed by atoms with Crippen molar-refractivity contribution in [3.63, 3.8) is 0 Å². The van der Waals surface area contributed by atoms with Gasteiger partial charge in [0.05, 0.1) is 23.8 Å². The molecule has 0 N–H and O–H groups in total. The van der Waals surface area contributed by atoms with E-state index in [2.05, 4.69) is 273 Å². The van der Waals surface area contributed by atoms with Crippen LogP contribution < -0.4 is 47.7 Å². The summed E-state index contributed by atoms with van der Waals surface area (Å²) in [4.78, 5) is 0. The minimum atomic E-state index is -0.877. The van der Waals surface area contributed by atoms with Crippen LogP contribution in [0.15, 0.2) is 273 Å². The van der Waals surface area contributed by atoms with Crippen LogP contribution in [0.25, 0.3) is 0 Å². The van der Waals surface area contributed by atoms with E-state index < -0.39 is 23.8 Å². The Kier molecular flexibility index (Phi) is 17.0. The van der Waals surface area contributed by atoms with Gasteiger partial charge in [-0.2, -0.15) is 0 Å². The average molecular weight is 849 g/mol. The fourth-order valence-corrected chi connectivity index (χ4v) is 14.7. The van der Waals surface area contributed by atoms with Gasteiger partial charge in [0.2, 0.25) is 0 Å².